The van der Waals surface area contributed by atoms with E-state index in [1.807, 2.05) is 0 Å². The first kappa shape index (κ1) is 25.2. The zero-order valence-corrected chi connectivity index (χ0v) is 20.9. The van der Waals surface area contributed by atoms with E-state index in [1.54, 1.807) is 0 Å². The van der Waals surface area contributed by atoms with Gasteiger partial charge in [-0.05, 0) is 82.1 Å². The van der Waals surface area contributed by atoms with Gasteiger partial charge in [0.2, 0.25) is 0 Å². The SMILES string of the molecule is C=C(C)C1CCN(CCC(c2ccccc2)c2ccccc2)CC1.CCCC1=CCCC=C1. The second-order valence-corrected chi connectivity index (χ2v) is 9.63. The Balaban J connectivity index is 0.000000286. The van der Waals surface area contributed by atoms with Gasteiger partial charge in [-0.25, -0.2) is 0 Å². The summed E-state index contributed by atoms with van der Waals surface area (Å²) in [6.45, 7) is 12.2. The van der Waals surface area contributed by atoms with E-state index >= 15 is 0 Å². The Kier molecular flexibility index (Phi) is 10.7. The molecule has 0 N–H and O–H groups in total. The molecule has 176 valence electrons. The lowest BCUT2D eigenvalue weighted by molar-refractivity contribution is 0.195. The summed E-state index contributed by atoms with van der Waals surface area (Å²) < 4.78 is 0. The fraction of sp³-hybridized carbons (Fsp3) is 0.438. The molecule has 0 spiro atoms. The van der Waals surface area contributed by atoms with Gasteiger partial charge in [0.25, 0.3) is 0 Å². The summed E-state index contributed by atoms with van der Waals surface area (Å²) in [6, 6.07) is 21.9. The summed E-state index contributed by atoms with van der Waals surface area (Å²) in [4.78, 5) is 2.64. The fourth-order valence-electron chi connectivity index (χ4n) is 5.00. The van der Waals surface area contributed by atoms with Gasteiger partial charge < -0.3 is 4.90 Å². The Morgan fingerprint density at radius 3 is 2.03 bits per heavy atom. The molecule has 0 radical (unpaired) electrons. The Hall–Kier alpha value is -2.38. The first-order valence-corrected chi connectivity index (χ1v) is 13.0. The highest BCUT2D eigenvalue weighted by Gasteiger charge is 2.21. The highest BCUT2D eigenvalue weighted by molar-refractivity contribution is 5.32. The predicted molar refractivity (Wildman–Crippen MR) is 145 cm³/mol. The molecule has 0 atom stereocenters. The van der Waals surface area contributed by atoms with Crippen LogP contribution in [0.3, 0.4) is 0 Å². The predicted octanol–water partition coefficient (Wildman–Crippen LogP) is 8.56. The fourth-order valence-corrected chi connectivity index (χ4v) is 5.00. The highest BCUT2D eigenvalue weighted by atomic mass is 15.1. The lowest BCUT2D eigenvalue weighted by Gasteiger charge is -2.33. The van der Waals surface area contributed by atoms with Crippen LogP contribution in [0.5, 0.6) is 0 Å². The van der Waals surface area contributed by atoms with E-state index in [9.17, 15) is 0 Å². The van der Waals surface area contributed by atoms with Crippen LogP contribution < -0.4 is 0 Å². The van der Waals surface area contributed by atoms with Gasteiger partial charge in [0.15, 0.2) is 0 Å². The van der Waals surface area contributed by atoms with Crippen molar-refractivity contribution in [2.75, 3.05) is 19.6 Å². The smallest absolute Gasteiger partial charge is 0.0101 e. The van der Waals surface area contributed by atoms with E-state index in [4.69, 9.17) is 0 Å². The van der Waals surface area contributed by atoms with Gasteiger partial charge in [-0.2, -0.15) is 0 Å². The third-order valence-corrected chi connectivity index (χ3v) is 7.03. The van der Waals surface area contributed by atoms with Gasteiger partial charge in [-0.3, -0.25) is 0 Å². The van der Waals surface area contributed by atoms with Gasteiger partial charge in [0.1, 0.15) is 0 Å². The quantitative estimate of drug-likeness (QED) is 0.371. The zero-order chi connectivity index (χ0) is 23.3. The van der Waals surface area contributed by atoms with Crippen molar-refractivity contribution in [3.05, 3.63) is 108 Å². The van der Waals surface area contributed by atoms with E-state index in [0.717, 1.165) is 5.92 Å². The van der Waals surface area contributed by atoms with Gasteiger partial charge in [0.05, 0.1) is 0 Å². The Labute approximate surface area is 202 Å². The van der Waals surface area contributed by atoms with Crippen molar-refractivity contribution < 1.29 is 0 Å². The van der Waals surface area contributed by atoms with Crippen LogP contribution in [0.25, 0.3) is 0 Å². The zero-order valence-electron chi connectivity index (χ0n) is 20.9. The largest absolute Gasteiger partial charge is 0.303 e. The van der Waals surface area contributed by atoms with Crippen LogP contribution in [0.1, 0.15) is 75.8 Å². The lowest BCUT2D eigenvalue weighted by atomic mass is 9.87. The molecular formula is C32H43N. The van der Waals surface area contributed by atoms with Crippen molar-refractivity contribution in [3.8, 4) is 0 Å². The molecule has 2 aromatic carbocycles. The second kappa shape index (κ2) is 14.0. The van der Waals surface area contributed by atoms with Crippen LogP contribution in [-0.2, 0) is 0 Å². The molecule has 1 heterocycles. The maximum atomic E-state index is 4.14. The van der Waals surface area contributed by atoms with E-state index < -0.39 is 0 Å². The molecular weight excluding hydrogens is 398 g/mol. The monoisotopic (exact) mass is 441 g/mol. The van der Waals surface area contributed by atoms with Crippen molar-refractivity contribution >= 4 is 0 Å². The number of allylic oxidation sites excluding steroid dienone is 5. The summed E-state index contributed by atoms with van der Waals surface area (Å²) in [5.74, 6) is 1.23. The van der Waals surface area contributed by atoms with E-state index in [1.165, 1.54) is 86.9 Å². The van der Waals surface area contributed by atoms with Crippen molar-refractivity contribution in [3.63, 3.8) is 0 Å². The van der Waals surface area contributed by atoms with Crippen LogP contribution in [0.4, 0.5) is 0 Å². The molecule has 1 heteroatoms. The van der Waals surface area contributed by atoms with Crippen LogP contribution in [0.2, 0.25) is 0 Å². The van der Waals surface area contributed by atoms with E-state index in [2.05, 4.69) is 104 Å². The maximum absolute atomic E-state index is 4.14. The average molecular weight is 442 g/mol. The van der Waals surface area contributed by atoms with Gasteiger partial charge in [-0.1, -0.05) is 110 Å². The summed E-state index contributed by atoms with van der Waals surface area (Å²) >= 11 is 0. The summed E-state index contributed by atoms with van der Waals surface area (Å²) in [5, 5.41) is 0. The highest BCUT2D eigenvalue weighted by Crippen LogP contribution is 2.29. The molecule has 4 rings (SSSR count). The van der Waals surface area contributed by atoms with Crippen molar-refractivity contribution in [2.45, 2.75) is 64.7 Å². The number of piperidine rings is 1. The third-order valence-electron chi connectivity index (χ3n) is 7.03. The molecule has 1 saturated heterocycles. The van der Waals surface area contributed by atoms with Gasteiger partial charge in [-0.15, -0.1) is 0 Å². The standard InChI is InChI=1S/C23H29N.C9H14/c1-19(2)20-13-16-24(17-14-20)18-15-23(21-9-5-3-6-10-21)22-11-7-4-8-12-22;1-2-6-9-7-4-3-5-8-9/h3-12,20,23H,1,13-18H2,2H3;4,7-8H,2-3,5-6H2,1H3. The minimum absolute atomic E-state index is 0.492. The molecule has 0 amide bonds. The molecule has 33 heavy (non-hydrogen) atoms. The average Bonchev–Trinajstić information content (AvgIpc) is 2.87. The maximum Gasteiger partial charge on any atom is 0.0101 e. The first-order valence-electron chi connectivity index (χ1n) is 13.0. The van der Waals surface area contributed by atoms with Gasteiger partial charge in [0, 0.05) is 5.92 Å². The van der Waals surface area contributed by atoms with Crippen molar-refractivity contribution in [1.29, 1.82) is 0 Å². The lowest BCUT2D eigenvalue weighted by Crippen LogP contribution is -2.35. The van der Waals surface area contributed by atoms with E-state index in [-0.39, 0.29) is 0 Å². The second-order valence-electron chi connectivity index (χ2n) is 9.63. The van der Waals surface area contributed by atoms with Crippen LogP contribution in [-0.4, -0.2) is 24.5 Å². The summed E-state index contributed by atoms with van der Waals surface area (Å²) in [5.41, 5.74) is 5.76. The minimum atomic E-state index is 0.492. The molecule has 1 nitrogen and oxygen atoms in total. The number of hydrogen-bond acceptors (Lipinski definition) is 1. The Morgan fingerprint density at radius 2 is 1.55 bits per heavy atom. The molecule has 2 aliphatic rings. The number of benzene rings is 2. The molecule has 0 unspecified atom stereocenters. The number of likely N-dealkylation sites (tertiary alicyclic amines) is 1. The molecule has 1 fully saturated rings. The van der Waals surface area contributed by atoms with E-state index in [0.29, 0.717) is 5.92 Å². The Morgan fingerprint density at radius 1 is 0.939 bits per heavy atom. The molecule has 0 saturated carbocycles. The number of hydrogen-bond donors (Lipinski definition) is 0. The third kappa shape index (κ3) is 8.48. The van der Waals surface area contributed by atoms with Gasteiger partial charge >= 0.3 is 0 Å². The summed E-state index contributed by atoms with van der Waals surface area (Å²) in [7, 11) is 0. The normalized spacial score (nSPS) is 16.8. The van der Waals surface area contributed by atoms with Crippen LogP contribution in [0.15, 0.2) is 96.6 Å². The molecule has 0 bridgehead atoms. The number of nitrogens with zero attached hydrogens (tertiary/aromatic N) is 1. The minimum Gasteiger partial charge on any atom is -0.303 e. The van der Waals surface area contributed by atoms with Crippen molar-refractivity contribution in [1.82, 2.24) is 4.90 Å². The van der Waals surface area contributed by atoms with Crippen LogP contribution >= 0.6 is 0 Å². The number of rotatable bonds is 8. The molecule has 1 aliphatic carbocycles. The molecule has 0 aromatic heterocycles. The topological polar surface area (TPSA) is 3.24 Å². The molecule has 1 aliphatic heterocycles. The van der Waals surface area contributed by atoms with Crippen molar-refractivity contribution in [2.24, 2.45) is 5.92 Å². The molecule has 2 aromatic rings. The summed E-state index contributed by atoms with van der Waals surface area (Å²) in [6.07, 6.45) is 15.6. The Bertz CT molecular complexity index is 830. The van der Waals surface area contributed by atoms with Crippen LogP contribution in [0, 0.1) is 5.92 Å². The first-order chi connectivity index (χ1) is 16.2.